The number of hydrogen-bond acceptors (Lipinski definition) is 3. The van der Waals surface area contributed by atoms with Crippen LogP contribution in [0.15, 0.2) is 0 Å². The molecule has 0 aromatic rings. The van der Waals surface area contributed by atoms with Gasteiger partial charge in [-0.2, -0.15) is 0 Å². The fourth-order valence-electron chi connectivity index (χ4n) is 1.11. The zero-order chi connectivity index (χ0) is 6.69. The number of hydrazine groups is 1. The highest BCUT2D eigenvalue weighted by Gasteiger charge is 2.13. The summed E-state index contributed by atoms with van der Waals surface area (Å²) in [5, 5.41) is 10.7. The van der Waals surface area contributed by atoms with Crippen molar-refractivity contribution < 1.29 is 5.11 Å². The Morgan fingerprint density at radius 3 is 2.89 bits per heavy atom. The van der Waals surface area contributed by atoms with Gasteiger partial charge in [0.05, 0.1) is 0 Å². The van der Waals surface area contributed by atoms with E-state index in [2.05, 4.69) is 0 Å². The molecule has 1 saturated heterocycles. The summed E-state index contributed by atoms with van der Waals surface area (Å²) in [6.45, 7) is 0.834. The summed E-state index contributed by atoms with van der Waals surface area (Å²) in [4.78, 5) is 0. The lowest BCUT2D eigenvalue weighted by molar-refractivity contribution is 0.00397. The fourth-order valence-corrected chi connectivity index (χ4v) is 1.11. The molecule has 3 nitrogen and oxygen atoms in total. The summed E-state index contributed by atoms with van der Waals surface area (Å²) in [6.07, 6.45) is 3.86. The van der Waals surface area contributed by atoms with Crippen LogP contribution in [0.1, 0.15) is 25.7 Å². The minimum Gasteiger partial charge on any atom is -0.377 e. The van der Waals surface area contributed by atoms with Crippen molar-refractivity contribution in [3.63, 3.8) is 0 Å². The van der Waals surface area contributed by atoms with Gasteiger partial charge in [-0.1, -0.05) is 6.42 Å². The molecule has 1 rings (SSSR count). The number of hydrogen-bond donors (Lipinski definition) is 2. The Morgan fingerprint density at radius 1 is 1.33 bits per heavy atom. The maximum absolute atomic E-state index is 9.16. The Balaban J connectivity index is 2.32. The van der Waals surface area contributed by atoms with E-state index in [4.69, 9.17) is 10.9 Å². The molecule has 0 bridgehead atoms. The molecule has 1 heterocycles. The van der Waals surface area contributed by atoms with Crippen LogP contribution in [-0.2, 0) is 0 Å². The van der Waals surface area contributed by atoms with Crippen molar-refractivity contribution in [1.82, 2.24) is 5.01 Å². The summed E-state index contributed by atoms with van der Waals surface area (Å²) in [6, 6.07) is 0. The van der Waals surface area contributed by atoms with Crippen LogP contribution in [0.3, 0.4) is 0 Å². The van der Waals surface area contributed by atoms with Crippen LogP contribution in [0.2, 0.25) is 0 Å². The van der Waals surface area contributed by atoms with Crippen molar-refractivity contribution in [3.8, 4) is 0 Å². The van der Waals surface area contributed by atoms with Gasteiger partial charge in [0, 0.05) is 6.54 Å². The molecule has 3 N–H and O–H groups in total. The maximum atomic E-state index is 9.16. The molecule has 1 unspecified atom stereocenters. The summed E-state index contributed by atoms with van der Waals surface area (Å²) in [7, 11) is 0. The van der Waals surface area contributed by atoms with Gasteiger partial charge in [0.25, 0.3) is 0 Å². The monoisotopic (exact) mass is 130 g/mol. The molecule has 54 valence electrons. The third kappa shape index (κ3) is 1.93. The van der Waals surface area contributed by atoms with E-state index in [0.717, 1.165) is 25.8 Å². The van der Waals surface area contributed by atoms with Crippen molar-refractivity contribution in [2.45, 2.75) is 31.9 Å². The van der Waals surface area contributed by atoms with Crippen molar-refractivity contribution >= 4 is 0 Å². The van der Waals surface area contributed by atoms with Gasteiger partial charge in [-0.3, -0.25) is 5.84 Å². The quantitative estimate of drug-likeness (QED) is 0.456. The van der Waals surface area contributed by atoms with Crippen molar-refractivity contribution in [1.29, 1.82) is 0 Å². The van der Waals surface area contributed by atoms with Gasteiger partial charge in [-0.05, 0) is 19.3 Å². The molecule has 9 heavy (non-hydrogen) atoms. The molecule has 1 fully saturated rings. The lowest BCUT2D eigenvalue weighted by atomic mass is 10.2. The molecule has 0 aromatic heterocycles. The molecule has 3 heteroatoms. The lowest BCUT2D eigenvalue weighted by Gasteiger charge is -2.18. The minimum atomic E-state index is -0.396. The highest BCUT2D eigenvalue weighted by atomic mass is 16.3. The molecule has 1 aliphatic heterocycles. The van der Waals surface area contributed by atoms with E-state index in [9.17, 15) is 0 Å². The first-order chi connectivity index (χ1) is 4.30. The zero-order valence-corrected chi connectivity index (χ0v) is 5.58. The predicted octanol–water partition coefficient (Wildman–Crippen LogP) is 0.0545. The van der Waals surface area contributed by atoms with Gasteiger partial charge in [0.2, 0.25) is 0 Å². The second kappa shape index (κ2) is 3.15. The average molecular weight is 130 g/mol. The van der Waals surface area contributed by atoms with E-state index in [1.807, 2.05) is 0 Å². The van der Waals surface area contributed by atoms with Crippen LogP contribution in [-0.4, -0.2) is 22.9 Å². The average Bonchev–Trinajstić information content (AvgIpc) is 1.99. The molecule has 0 aromatic carbocycles. The van der Waals surface area contributed by atoms with E-state index in [1.54, 1.807) is 0 Å². The number of rotatable bonds is 0. The normalized spacial score (nSPS) is 32.0. The van der Waals surface area contributed by atoms with E-state index >= 15 is 0 Å². The van der Waals surface area contributed by atoms with Crippen LogP contribution >= 0.6 is 0 Å². The first-order valence-electron chi connectivity index (χ1n) is 3.50. The van der Waals surface area contributed by atoms with E-state index in [-0.39, 0.29) is 0 Å². The molecular weight excluding hydrogens is 116 g/mol. The molecule has 1 atom stereocenters. The third-order valence-electron chi connectivity index (χ3n) is 1.76. The zero-order valence-electron chi connectivity index (χ0n) is 5.58. The first kappa shape index (κ1) is 6.99. The van der Waals surface area contributed by atoms with Crippen LogP contribution in [0.4, 0.5) is 0 Å². The van der Waals surface area contributed by atoms with Crippen molar-refractivity contribution in [2.75, 3.05) is 6.54 Å². The Kier molecular flexibility index (Phi) is 2.45. The number of nitrogens with zero attached hydrogens (tertiary/aromatic N) is 1. The SMILES string of the molecule is NN1CCCCCC1O. The van der Waals surface area contributed by atoms with Gasteiger partial charge in [0.1, 0.15) is 6.23 Å². The summed E-state index contributed by atoms with van der Waals surface area (Å²) in [5.74, 6) is 5.46. The Hall–Kier alpha value is -0.120. The molecular formula is C6H14N2O. The Bertz CT molecular complexity index is 77.1. The van der Waals surface area contributed by atoms with Crippen molar-refractivity contribution in [2.24, 2.45) is 5.84 Å². The van der Waals surface area contributed by atoms with E-state index in [0.29, 0.717) is 0 Å². The van der Waals surface area contributed by atoms with Gasteiger partial charge in [0.15, 0.2) is 0 Å². The molecule has 0 aliphatic carbocycles. The molecule has 0 radical (unpaired) electrons. The molecule has 0 saturated carbocycles. The van der Waals surface area contributed by atoms with Gasteiger partial charge in [-0.25, -0.2) is 5.01 Å². The second-order valence-electron chi connectivity index (χ2n) is 2.57. The largest absolute Gasteiger partial charge is 0.377 e. The Labute approximate surface area is 55.4 Å². The fraction of sp³-hybridized carbons (Fsp3) is 1.00. The highest BCUT2D eigenvalue weighted by Crippen LogP contribution is 2.10. The second-order valence-corrected chi connectivity index (χ2v) is 2.57. The standard InChI is InChI=1S/C6H14N2O/c7-8-5-3-1-2-4-6(8)9/h6,9H,1-5,7H2. The van der Waals surface area contributed by atoms with Crippen LogP contribution in [0.5, 0.6) is 0 Å². The summed E-state index contributed by atoms with van der Waals surface area (Å²) in [5.41, 5.74) is 0. The lowest BCUT2D eigenvalue weighted by Crippen LogP contribution is -2.40. The number of nitrogens with two attached hydrogens (primary N) is 1. The number of aliphatic hydroxyl groups excluding tert-OH is 1. The number of aliphatic hydroxyl groups is 1. The molecule has 0 amide bonds. The highest BCUT2D eigenvalue weighted by molar-refractivity contribution is 4.60. The summed E-state index contributed by atoms with van der Waals surface area (Å²) < 4.78 is 0. The van der Waals surface area contributed by atoms with Crippen molar-refractivity contribution in [3.05, 3.63) is 0 Å². The van der Waals surface area contributed by atoms with E-state index < -0.39 is 6.23 Å². The first-order valence-corrected chi connectivity index (χ1v) is 3.50. The maximum Gasteiger partial charge on any atom is 0.119 e. The molecule has 1 aliphatic rings. The molecule has 0 spiro atoms. The minimum absolute atomic E-state index is 0.396. The topological polar surface area (TPSA) is 49.5 Å². The van der Waals surface area contributed by atoms with Gasteiger partial charge >= 0.3 is 0 Å². The van der Waals surface area contributed by atoms with Crippen LogP contribution in [0, 0.1) is 0 Å². The van der Waals surface area contributed by atoms with Gasteiger partial charge in [-0.15, -0.1) is 0 Å². The van der Waals surface area contributed by atoms with Crippen LogP contribution < -0.4 is 5.84 Å². The summed E-state index contributed by atoms with van der Waals surface area (Å²) >= 11 is 0. The third-order valence-corrected chi connectivity index (χ3v) is 1.76. The van der Waals surface area contributed by atoms with Gasteiger partial charge < -0.3 is 5.11 Å². The smallest absolute Gasteiger partial charge is 0.119 e. The van der Waals surface area contributed by atoms with Crippen LogP contribution in [0.25, 0.3) is 0 Å². The van der Waals surface area contributed by atoms with E-state index in [1.165, 1.54) is 11.4 Å². The predicted molar refractivity (Wildman–Crippen MR) is 35.4 cm³/mol. The Morgan fingerprint density at radius 2 is 2.11 bits per heavy atom.